The van der Waals surface area contributed by atoms with Gasteiger partial charge >= 0.3 is 0 Å². The summed E-state index contributed by atoms with van der Waals surface area (Å²) in [5, 5.41) is 0. The maximum atomic E-state index is 5.79. The molecule has 0 N–H and O–H groups in total. The minimum absolute atomic E-state index is 0.898. The third-order valence-electron chi connectivity index (χ3n) is 2.16. The number of rotatable bonds is 6. The van der Waals surface area contributed by atoms with E-state index in [4.69, 9.17) is 4.43 Å². The standard InChI is InChI=1S/C14H22OSi/c1-16(2,3)15-13-9-5-8-12-14-10-6-4-7-11-14/h4,6-8,10-12H,5,9,13H2,1-3H3/b12-8+. The Balaban J connectivity index is 2.14. The van der Waals surface area contributed by atoms with Crippen molar-refractivity contribution in [1.29, 1.82) is 0 Å². The maximum Gasteiger partial charge on any atom is 0.183 e. The van der Waals surface area contributed by atoms with Gasteiger partial charge in [-0.25, -0.2) is 0 Å². The third kappa shape index (κ3) is 6.59. The molecule has 0 unspecified atom stereocenters. The predicted octanol–water partition coefficient (Wildman–Crippen LogP) is 4.33. The summed E-state index contributed by atoms with van der Waals surface area (Å²) in [7, 11) is -1.31. The van der Waals surface area contributed by atoms with E-state index in [0.717, 1.165) is 19.4 Å². The Labute approximate surface area is 100 Å². The molecule has 0 saturated carbocycles. The van der Waals surface area contributed by atoms with Crippen LogP contribution in [0.1, 0.15) is 18.4 Å². The van der Waals surface area contributed by atoms with E-state index in [0.29, 0.717) is 0 Å². The van der Waals surface area contributed by atoms with Gasteiger partial charge in [0.1, 0.15) is 0 Å². The Bertz CT molecular complexity index is 311. The first-order valence-electron chi connectivity index (χ1n) is 5.93. The van der Waals surface area contributed by atoms with E-state index in [1.54, 1.807) is 0 Å². The van der Waals surface area contributed by atoms with Crippen LogP contribution in [0, 0.1) is 0 Å². The SMILES string of the molecule is C[Si](C)(C)OCCC/C=C/c1ccccc1. The van der Waals surface area contributed by atoms with Crippen molar-refractivity contribution in [3.8, 4) is 0 Å². The highest BCUT2D eigenvalue weighted by Crippen LogP contribution is 2.06. The van der Waals surface area contributed by atoms with Crippen molar-refractivity contribution >= 4 is 14.4 Å². The molecular weight excluding hydrogens is 212 g/mol. The molecule has 1 nitrogen and oxygen atoms in total. The Morgan fingerprint density at radius 3 is 2.44 bits per heavy atom. The lowest BCUT2D eigenvalue weighted by atomic mass is 10.2. The molecule has 0 aliphatic heterocycles. The molecule has 0 aliphatic rings. The number of allylic oxidation sites excluding steroid dienone is 1. The second kappa shape index (κ2) is 6.66. The summed E-state index contributed by atoms with van der Waals surface area (Å²) in [4.78, 5) is 0. The highest BCUT2D eigenvalue weighted by Gasteiger charge is 2.12. The fourth-order valence-corrected chi connectivity index (χ4v) is 2.12. The van der Waals surface area contributed by atoms with Crippen LogP contribution < -0.4 is 0 Å². The summed E-state index contributed by atoms with van der Waals surface area (Å²) >= 11 is 0. The molecule has 0 aliphatic carbocycles. The van der Waals surface area contributed by atoms with Crippen LogP contribution in [0.5, 0.6) is 0 Å². The van der Waals surface area contributed by atoms with Gasteiger partial charge in [0.2, 0.25) is 0 Å². The fourth-order valence-electron chi connectivity index (χ4n) is 1.36. The van der Waals surface area contributed by atoms with Crippen LogP contribution in [0.2, 0.25) is 19.6 Å². The first-order valence-corrected chi connectivity index (χ1v) is 9.34. The largest absolute Gasteiger partial charge is 0.418 e. The Morgan fingerprint density at radius 2 is 1.81 bits per heavy atom. The first kappa shape index (κ1) is 13.2. The molecule has 0 atom stereocenters. The van der Waals surface area contributed by atoms with Crippen molar-refractivity contribution in [1.82, 2.24) is 0 Å². The molecular formula is C14H22OSi. The summed E-state index contributed by atoms with van der Waals surface area (Å²) in [5.41, 5.74) is 1.27. The Hall–Kier alpha value is -0.863. The smallest absolute Gasteiger partial charge is 0.183 e. The van der Waals surface area contributed by atoms with Crippen LogP contribution in [0.3, 0.4) is 0 Å². The average Bonchev–Trinajstić information content (AvgIpc) is 2.23. The van der Waals surface area contributed by atoms with E-state index in [1.807, 2.05) is 6.07 Å². The quantitative estimate of drug-likeness (QED) is 0.526. The first-order chi connectivity index (χ1) is 7.58. The van der Waals surface area contributed by atoms with Gasteiger partial charge in [-0.2, -0.15) is 0 Å². The molecule has 0 heterocycles. The second-order valence-electron chi connectivity index (χ2n) is 4.92. The van der Waals surface area contributed by atoms with Crippen LogP contribution in [-0.4, -0.2) is 14.9 Å². The molecule has 1 rings (SSSR count). The van der Waals surface area contributed by atoms with E-state index in [2.05, 4.69) is 56.1 Å². The maximum absolute atomic E-state index is 5.79. The number of hydrogen-bond donors (Lipinski definition) is 0. The molecule has 16 heavy (non-hydrogen) atoms. The minimum Gasteiger partial charge on any atom is -0.418 e. The van der Waals surface area contributed by atoms with Crippen LogP contribution in [0.25, 0.3) is 6.08 Å². The number of unbranched alkanes of at least 4 members (excludes halogenated alkanes) is 1. The van der Waals surface area contributed by atoms with Crippen molar-refractivity contribution in [2.75, 3.05) is 6.61 Å². The van der Waals surface area contributed by atoms with Gasteiger partial charge in [0.25, 0.3) is 0 Å². The van der Waals surface area contributed by atoms with Gasteiger partial charge in [-0.15, -0.1) is 0 Å². The van der Waals surface area contributed by atoms with Gasteiger partial charge < -0.3 is 4.43 Å². The highest BCUT2D eigenvalue weighted by atomic mass is 28.4. The van der Waals surface area contributed by atoms with Gasteiger partial charge in [0.05, 0.1) is 0 Å². The van der Waals surface area contributed by atoms with Crippen molar-refractivity contribution in [2.45, 2.75) is 32.5 Å². The van der Waals surface area contributed by atoms with E-state index < -0.39 is 8.32 Å². The average molecular weight is 234 g/mol. The molecule has 0 fully saturated rings. The van der Waals surface area contributed by atoms with Crippen molar-refractivity contribution in [3.05, 3.63) is 42.0 Å². The van der Waals surface area contributed by atoms with Gasteiger partial charge in [-0.05, 0) is 38.0 Å². The zero-order valence-electron chi connectivity index (χ0n) is 10.6. The van der Waals surface area contributed by atoms with Gasteiger partial charge in [-0.3, -0.25) is 0 Å². The number of hydrogen-bond acceptors (Lipinski definition) is 1. The van der Waals surface area contributed by atoms with Crippen LogP contribution in [0.4, 0.5) is 0 Å². The molecule has 0 radical (unpaired) electrons. The van der Waals surface area contributed by atoms with Crippen LogP contribution >= 0.6 is 0 Å². The van der Waals surface area contributed by atoms with E-state index in [1.165, 1.54) is 5.56 Å². The molecule has 0 amide bonds. The molecule has 0 spiro atoms. The summed E-state index contributed by atoms with van der Waals surface area (Å²) in [6.07, 6.45) is 6.62. The summed E-state index contributed by atoms with van der Waals surface area (Å²) in [6.45, 7) is 7.58. The lowest BCUT2D eigenvalue weighted by Crippen LogP contribution is -2.25. The molecule has 0 saturated heterocycles. The van der Waals surface area contributed by atoms with Crippen molar-refractivity contribution in [3.63, 3.8) is 0 Å². The zero-order valence-corrected chi connectivity index (χ0v) is 11.6. The normalized spacial score (nSPS) is 12.2. The molecule has 0 aromatic heterocycles. The number of benzene rings is 1. The van der Waals surface area contributed by atoms with Crippen LogP contribution in [-0.2, 0) is 4.43 Å². The molecule has 0 bridgehead atoms. The Kier molecular flexibility index (Phi) is 5.50. The summed E-state index contributed by atoms with van der Waals surface area (Å²) in [6, 6.07) is 10.4. The topological polar surface area (TPSA) is 9.23 Å². The molecule has 2 heteroatoms. The van der Waals surface area contributed by atoms with Gasteiger partial charge in [0.15, 0.2) is 8.32 Å². The second-order valence-corrected chi connectivity index (χ2v) is 9.43. The summed E-state index contributed by atoms with van der Waals surface area (Å²) in [5.74, 6) is 0. The summed E-state index contributed by atoms with van der Waals surface area (Å²) < 4.78 is 5.79. The van der Waals surface area contributed by atoms with Crippen molar-refractivity contribution < 1.29 is 4.43 Å². The highest BCUT2D eigenvalue weighted by molar-refractivity contribution is 6.69. The van der Waals surface area contributed by atoms with E-state index in [-0.39, 0.29) is 0 Å². The molecule has 1 aromatic carbocycles. The monoisotopic (exact) mass is 234 g/mol. The van der Waals surface area contributed by atoms with E-state index >= 15 is 0 Å². The Morgan fingerprint density at radius 1 is 1.12 bits per heavy atom. The van der Waals surface area contributed by atoms with Gasteiger partial charge in [-0.1, -0.05) is 42.5 Å². The van der Waals surface area contributed by atoms with E-state index in [9.17, 15) is 0 Å². The zero-order chi connectivity index (χ0) is 11.9. The lowest BCUT2D eigenvalue weighted by Gasteiger charge is -2.16. The van der Waals surface area contributed by atoms with Gasteiger partial charge in [0, 0.05) is 6.61 Å². The molecule has 1 aromatic rings. The predicted molar refractivity (Wildman–Crippen MR) is 74.0 cm³/mol. The third-order valence-corrected chi connectivity index (χ3v) is 3.23. The fraction of sp³-hybridized carbons (Fsp3) is 0.429. The van der Waals surface area contributed by atoms with Crippen LogP contribution in [0.15, 0.2) is 36.4 Å². The van der Waals surface area contributed by atoms with Crippen molar-refractivity contribution in [2.24, 2.45) is 0 Å². The lowest BCUT2D eigenvalue weighted by molar-refractivity contribution is 0.306. The minimum atomic E-state index is -1.31. The molecule has 88 valence electrons.